The monoisotopic (exact) mass is 314 g/mol. The Morgan fingerprint density at radius 3 is 2.57 bits per heavy atom. The Bertz CT molecular complexity index is 577. The van der Waals surface area contributed by atoms with Gasteiger partial charge < -0.3 is 14.9 Å². The zero-order valence-corrected chi connectivity index (χ0v) is 13.0. The van der Waals surface area contributed by atoms with E-state index in [4.69, 9.17) is 4.74 Å². The van der Waals surface area contributed by atoms with E-state index < -0.39 is 15.3 Å². The SMILES string of the molecule is COc1cccc(CC(CO)(CO)C2CCS(=O)(=O)C2)c1. The first-order chi connectivity index (χ1) is 9.94. The minimum atomic E-state index is -3.05. The van der Waals surface area contributed by atoms with Crippen molar-refractivity contribution in [1.29, 1.82) is 0 Å². The van der Waals surface area contributed by atoms with E-state index in [1.807, 2.05) is 24.3 Å². The van der Waals surface area contributed by atoms with E-state index >= 15 is 0 Å². The summed E-state index contributed by atoms with van der Waals surface area (Å²) in [6.07, 6.45) is 0.921. The van der Waals surface area contributed by atoms with Gasteiger partial charge in [-0.1, -0.05) is 12.1 Å². The third-order valence-corrected chi connectivity index (χ3v) is 6.19. The molecule has 1 aromatic rings. The molecule has 1 aliphatic rings. The highest BCUT2D eigenvalue weighted by molar-refractivity contribution is 7.91. The number of hydrogen-bond acceptors (Lipinski definition) is 5. The summed E-state index contributed by atoms with van der Waals surface area (Å²) >= 11 is 0. The zero-order valence-electron chi connectivity index (χ0n) is 12.2. The Labute approximate surface area is 125 Å². The van der Waals surface area contributed by atoms with E-state index in [0.29, 0.717) is 18.6 Å². The van der Waals surface area contributed by atoms with Crippen LogP contribution in [0.1, 0.15) is 12.0 Å². The van der Waals surface area contributed by atoms with Crippen molar-refractivity contribution in [2.45, 2.75) is 12.8 Å². The number of ether oxygens (including phenoxy) is 1. The second-order valence-corrected chi connectivity index (χ2v) is 8.04. The summed E-state index contributed by atoms with van der Waals surface area (Å²) < 4.78 is 28.6. The average Bonchev–Trinajstić information content (AvgIpc) is 2.85. The van der Waals surface area contributed by atoms with Crippen LogP contribution < -0.4 is 4.74 Å². The van der Waals surface area contributed by atoms with Crippen LogP contribution in [0.3, 0.4) is 0 Å². The highest BCUT2D eigenvalue weighted by atomic mass is 32.2. The van der Waals surface area contributed by atoms with Gasteiger partial charge in [0, 0.05) is 5.41 Å². The maximum atomic E-state index is 11.7. The van der Waals surface area contributed by atoms with Crippen molar-refractivity contribution in [2.24, 2.45) is 11.3 Å². The molecule has 118 valence electrons. The molecule has 0 spiro atoms. The van der Waals surface area contributed by atoms with Gasteiger partial charge in [0.2, 0.25) is 0 Å². The summed E-state index contributed by atoms with van der Waals surface area (Å²) in [6.45, 7) is -0.470. The summed E-state index contributed by atoms with van der Waals surface area (Å²) in [5.41, 5.74) is 0.109. The largest absolute Gasteiger partial charge is 0.497 e. The fourth-order valence-electron chi connectivity index (χ4n) is 3.03. The van der Waals surface area contributed by atoms with Crippen molar-refractivity contribution in [1.82, 2.24) is 0 Å². The van der Waals surface area contributed by atoms with Crippen molar-refractivity contribution in [3.8, 4) is 5.75 Å². The first-order valence-corrected chi connectivity index (χ1v) is 8.82. The third kappa shape index (κ3) is 3.56. The summed E-state index contributed by atoms with van der Waals surface area (Å²) in [5, 5.41) is 19.6. The summed E-state index contributed by atoms with van der Waals surface area (Å²) in [7, 11) is -1.47. The van der Waals surface area contributed by atoms with Crippen LogP contribution in [0.25, 0.3) is 0 Å². The van der Waals surface area contributed by atoms with E-state index in [1.165, 1.54) is 0 Å². The lowest BCUT2D eigenvalue weighted by Crippen LogP contribution is -2.41. The van der Waals surface area contributed by atoms with Crippen molar-refractivity contribution >= 4 is 9.84 Å². The molecule has 1 fully saturated rings. The van der Waals surface area contributed by atoms with E-state index in [-0.39, 0.29) is 30.6 Å². The van der Waals surface area contributed by atoms with Gasteiger partial charge in [-0.15, -0.1) is 0 Å². The molecule has 1 aromatic carbocycles. The van der Waals surface area contributed by atoms with Gasteiger partial charge >= 0.3 is 0 Å². The molecule has 0 bridgehead atoms. The first-order valence-electron chi connectivity index (χ1n) is 7.00. The summed E-state index contributed by atoms with van der Waals surface area (Å²) in [5.74, 6) is 0.662. The summed E-state index contributed by atoms with van der Waals surface area (Å²) in [6, 6.07) is 7.41. The van der Waals surface area contributed by atoms with Crippen LogP contribution in [0.2, 0.25) is 0 Å². The van der Waals surface area contributed by atoms with Crippen molar-refractivity contribution in [2.75, 3.05) is 31.8 Å². The van der Waals surface area contributed by atoms with Crippen LogP contribution in [0.5, 0.6) is 5.75 Å². The van der Waals surface area contributed by atoms with Gasteiger partial charge in [-0.05, 0) is 36.5 Å². The van der Waals surface area contributed by atoms with Crippen LogP contribution in [0.4, 0.5) is 0 Å². The minimum absolute atomic E-state index is 0.0398. The quantitative estimate of drug-likeness (QED) is 0.805. The first kappa shape index (κ1) is 16.3. The zero-order chi connectivity index (χ0) is 15.5. The van der Waals surface area contributed by atoms with E-state index in [2.05, 4.69) is 0 Å². The number of hydrogen-bond donors (Lipinski definition) is 2. The molecule has 1 unspecified atom stereocenters. The van der Waals surface area contributed by atoms with Gasteiger partial charge in [-0.25, -0.2) is 8.42 Å². The van der Waals surface area contributed by atoms with Crippen LogP contribution in [0, 0.1) is 11.3 Å². The van der Waals surface area contributed by atoms with Crippen LogP contribution >= 0.6 is 0 Å². The molecule has 1 atom stereocenters. The molecule has 0 amide bonds. The van der Waals surface area contributed by atoms with Gasteiger partial charge in [0.1, 0.15) is 5.75 Å². The molecule has 5 nitrogen and oxygen atoms in total. The minimum Gasteiger partial charge on any atom is -0.497 e. The Morgan fingerprint density at radius 2 is 2.05 bits per heavy atom. The maximum Gasteiger partial charge on any atom is 0.150 e. The lowest BCUT2D eigenvalue weighted by atomic mass is 9.72. The molecular formula is C15H22O5S. The Morgan fingerprint density at radius 1 is 1.33 bits per heavy atom. The number of rotatable bonds is 6. The van der Waals surface area contributed by atoms with E-state index in [9.17, 15) is 18.6 Å². The molecule has 0 aliphatic carbocycles. The summed E-state index contributed by atoms with van der Waals surface area (Å²) in [4.78, 5) is 0. The van der Waals surface area contributed by atoms with E-state index in [0.717, 1.165) is 5.56 Å². The number of benzene rings is 1. The third-order valence-electron chi connectivity index (χ3n) is 4.42. The second-order valence-electron chi connectivity index (χ2n) is 5.81. The van der Waals surface area contributed by atoms with Gasteiger partial charge in [0.25, 0.3) is 0 Å². The lowest BCUT2D eigenvalue weighted by molar-refractivity contribution is 0.0124. The lowest BCUT2D eigenvalue weighted by Gasteiger charge is -2.35. The van der Waals surface area contributed by atoms with Gasteiger partial charge in [-0.2, -0.15) is 0 Å². The molecule has 1 heterocycles. The molecular weight excluding hydrogens is 292 g/mol. The Balaban J connectivity index is 2.25. The Hall–Kier alpha value is -1.11. The van der Waals surface area contributed by atoms with Crippen molar-refractivity contribution < 1.29 is 23.4 Å². The standard InChI is InChI=1S/C15H22O5S/c1-20-14-4-2-3-12(7-14)8-15(10-16,11-17)13-5-6-21(18,19)9-13/h2-4,7,13,16-17H,5-6,8-11H2,1H3. The molecule has 0 saturated carbocycles. The maximum absolute atomic E-state index is 11.7. The highest BCUT2D eigenvalue weighted by Gasteiger charge is 2.44. The van der Waals surface area contributed by atoms with Gasteiger partial charge in [-0.3, -0.25) is 0 Å². The number of aliphatic hydroxyl groups is 2. The fourth-order valence-corrected chi connectivity index (χ4v) is 4.97. The van der Waals surface area contributed by atoms with Crippen molar-refractivity contribution in [3.05, 3.63) is 29.8 Å². The van der Waals surface area contributed by atoms with Gasteiger partial charge in [0.05, 0.1) is 31.8 Å². The van der Waals surface area contributed by atoms with Crippen LogP contribution in [-0.4, -0.2) is 50.5 Å². The Kier molecular flexibility index (Phi) is 4.91. The number of methoxy groups -OCH3 is 1. The molecule has 21 heavy (non-hydrogen) atoms. The normalized spacial score (nSPS) is 21.4. The van der Waals surface area contributed by atoms with Gasteiger partial charge in [0.15, 0.2) is 9.84 Å². The van der Waals surface area contributed by atoms with Crippen LogP contribution in [0.15, 0.2) is 24.3 Å². The molecule has 1 aliphatic heterocycles. The number of sulfone groups is 1. The molecule has 6 heteroatoms. The van der Waals surface area contributed by atoms with Crippen molar-refractivity contribution in [3.63, 3.8) is 0 Å². The molecule has 0 radical (unpaired) electrons. The predicted octanol–water partition coefficient (Wildman–Crippen LogP) is 0.643. The average molecular weight is 314 g/mol. The van der Waals surface area contributed by atoms with E-state index in [1.54, 1.807) is 7.11 Å². The fraction of sp³-hybridized carbons (Fsp3) is 0.600. The highest BCUT2D eigenvalue weighted by Crippen LogP contribution is 2.38. The number of aliphatic hydroxyl groups excluding tert-OH is 2. The molecule has 1 saturated heterocycles. The molecule has 0 aromatic heterocycles. The molecule has 2 N–H and O–H groups in total. The van der Waals surface area contributed by atoms with Crippen LogP contribution in [-0.2, 0) is 16.3 Å². The topological polar surface area (TPSA) is 83.8 Å². The predicted molar refractivity (Wildman–Crippen MR) is 80.1 cm³/mol. The smallest absolute Gasteiger partial charge is 0.150 e. The second kappa shape index (κ2) is 6.34. The molecule has 2 rings (SSSR count).